The Morgan fingerprint density at radius 2 is 2.42 bits per heavy atom. The van der Waals surface area contributed by atoms with E-state index in [1.54, 1.807) is 0 Å². The van der Waals surface area contributed by atoms with Gasteiger partial charge in [0.25, 0.3) is 0 Å². The van der Waals surface area contributed by atoms with E-state index in [1.165, 1.54) is 6.42 Å². The first-order valence-electron chi connectivity index (χ1n) is 4.67. The molecule has 12 heavy (non-hydrogen) atoms. The van der Waals surface area contributed by atoms with Crippen LogP contribution >= 0.6 is 0 Å². The minimum atomic E-state index is 0.172. The van der Waals surface area contributed by atoms with Crippen LogP contribution in [0, 0.1) is 0 Å². The Morgan fingerprint density at radius 1 is 1.67 bits per heavy atom. The molecule has 2 aliphatic heterocycles. The Kier molecular flexibility index (Phi) is 1.65. The lowest BCUT2D eigenvalue weighted by atomic mass is 10.0. The van der Waals surface area contributed by atoms with Crippen molar-refractivity contribution in [2.45, 2.75) is 51.7 Å². The van der Waals surface area contributed by atoms with Gasteiger partial charge in [0, 0.05) is 6.42 Å². The van der Waals surface area contributed by atoms with Gasteiger partial charge in [0.2, 0.25) is 5.90 Å². The summed E-state index contributed by atoms with van der Waals surface area (Å²) < 4.78 is 0. The van der Waals surface area contributed by atoms with Gasteiger partial charge in [-0.05, 0) is 26.7 Å². The maximum atomic E-state index is 5.63. The second-order valence-electron chi connectivity index (χ2n) is 4.13. The van der Waals surface area contributed by atoms with Gasteiger partial charge in [-0.1, -0.05) is 6.92 Å². The van der Waals surface area contributed by atoms with Crippen LogP contribution in [0.1, 0.15) is 40.0 Å². The number of hydroxylamine groups is 2. The predicted molar refractivity (Wildman–Crippen MR) is 47.8 cm³/mol. The van der Waals surface area contributed by atoms with Gasteiger partial charge >= 0.3 is 0 Å². The summed E-state index contributed by atoms with van der Waals surface area (Å²) in [7, 11) is 0. The number of aliphatic imine (C=N–C) groups is 1. The van der Waals surface area contributed by atoms with E-state index < -0.39 is 0 Å². The third-order valence-electron chi connectivity index (χ3n) is 2.68. The van der Waals surface area contributed by atoms with Crippen molar-refractivity contribution < 1.29 is 4.84 Å². The molecule has 68 valence electrons. The van der Waals surface area contributed by atoms with Gasteiger partial charge in [-0.2, -0.15) is 0 Å². The van der Waals surface area contributed by atoms with Crippen LogP contribution < -0.4 is 0 Å². The highest BCUT2D eigenvalue weighted by molar-refractivity contribution is 5.76. The zero-order chi connectivity index (χ0) is 8.77. The van der Waals surface area contributed by atoms with E-state index in [-0.39, 0.29) is 5.54 Å². The van der Waals surface area contributed by atoms with Crippen LogP contribution in [0.5, 0.6) is 0 Å². The molecule has 1 unspecified atom stereocenters. The van der Waals surface area contributed by atoms with Gasteiger partial charge < -0.3 is 4.84 Å². The van der Waals surface area contributed by atoms with Gasteiger partial charge in [0.15, 0.2) is 0 Å². The first-order chi connectivity index (χ1) is 5.63. The lowest BCUT2D eigenvalue weighted by molar-refractivity contribution is -0.127. The number of hydrogen-bond donors (Lipinski definition) is 0. The van der Waals surface area contributed by atoms with Gasteiger partial charge in [0.1, 0.15) is 6.17 Å². The maximum Gasteiger partial charge on any atom is 0.211 e. The average molecular weight is 168 g/mol. The van der Waals surface area contributed by atoms with Gasteiger partial charge in [-0.3, -0.25) is 0 Å². The zero-order valence-corrected chi connectivity index (χ0v) is 8.00. The summed E-state index contributed by atoms with van der Waals surface area (Å²) in [5.41, 5.74) is 0.172. The van der Waals surface area contributed by atoms with E-state index in [1.807, 2.05) is 5.06 Å². The van der Waals surface area contributed by atoms with Gasteiger partial charge in [-0.15, -0.1) is 5.06 Å². The Hall–Kier alpha value is -0.570. The van der Waals surface area contributed by atoms with Crippen molar-refractivity contribution >= 4 is 5.90 Å². The van der Waals surface area contributed by atoms with Crippen LogP contribution in [0.15, 0.2) is 4.99 Å². The number of rotatable bonds is 1. The van der Waals surface area contributed by atoms with Crippen LogP contribution in [0.3, 0.4) is 0 Å². The molecular weight excluding hydrogens is 152 g/mol. The molecule has 0 saturated carbocycles. The molecule has 0 radical (unpaired) electrons. The Morgan fingerprint density at radius 3 is 3.00 bits per heavy atom. The highest BCUT2D eigenvalue weighted by Gasteiger charge is 2.45. The largest absolute Gasteiger partial charge is 0.388 e. The van der Waals surface area contributed by atoms with Crippen molar-refractivity contribution in [3.05, 3.63) is 0 Å². The van der Waals surface area contributed by atoms with Crippen molar-refractivity contribution in [3.8, 4) is 0 Å². The summed E-state index contributed by atoms with van der Waals surface area (Å²) in [5.74, 6) is 0.896. The van der Waals surface area contributed by atoms with E-state index in [0.717, 1.165) is 18.7 Å². The topological polar surface area (TPSA) is 24.8 Å². The molecule has 3 heteroatoms. The predicted octanol–water partition coefficient (Wildman–Crippen LogP) is 1.94. The molecule has 0 N–H and O–H groups in total. The van der Waals surface area contributed by atoms with Crippen LogP contribution in [-0.2, 0) is 4.84 Å². The van der Waals surface area contributed by atoms with Crippen LogP contribution in [0.4, 0.5) is 0 Å². The standard InChI is InChI=1S/C9H16N2O/c1-4-8-10-7-5-6-9(2,3)11(7)12-8/h7H,4-6H2,1-3H3. The first-order valence-corrected chi connectivity index (χ1v) is 4.67. The molecule has 1 fully saturated rings. The van der Waals surface area contributed by atoms with Crippen LogP contribution in [0.25, 0.3) is 0 Å². The molecule has 1 saturated heterocycles. The molecular formula is C9H16N2O. The van der Waals surface area contributed by atoms with Gasteiger partial charge in [-0.25, -0.2) is 4.99 Å². The van der Waals surface area contributed by atoms with Crippen LogP contribution in [0.2, 0.25) is 0 Å². The summed E-state index contributed by atoms with van der Waals surface area (Å²) in [6, 6.07) is 0. The fourth-order valence-electron chi connectivity index (χ4n) is 1.87. The third-order valence-corrected chi connectivity index (χ3v) is 2.68. The highest BCUT2D eigenvalue weighted by atomic mass is 16.7. The van der Waals surface area contributed by atoms with E-state index in [2.05, 4.69) is 25.8 Å². The van der Waals surface area contributed by atoms with Crippen molar-refractivity contribution in [2.24, 2.45) is 4.99 Å². The molecule has 0 aromatic heterocycles. The fraction of sp³-hybridized carbons (Fsp3) is 0.889. The van der Waals surface area contributed by atoms with E-state index >= 15 is 0 Å². The Bertz CT molecular complexity index is 223. The number of hydrogen-bond acceptors (Lipinski definition) is 3. The van der Waals surface area contributed by atoms with Crippen molar-refractivity contribution in [1.29, 1.82) is 0 Å². The normalized spacial score (nSPS) is 32.9. The lowest BCUT2D eigenvalue weighted by Crippen LogP contribution is -2.39. The van der Waals surface area contributed by atoms with Gasteiger partial charge in [0.05, 0.1) is 5.54 Å². The van der Waals surface area contributed by atoms with E-state index in [9.17, 15) is 0 Å². The SMILES string of the molecule is CCC1=NC2CCC(C)(C)N2O1. The van der Waals surface area contributed by atoms with Crippen molar-refractivity contribution in [1.82, 2.24) is 5.06 Å². The molecule has 0 bridgehead atoms. The molecule has 0 amide bonds. The van der Waals surface area contributed by atoms with Crippen LogP contribution in [-0.4, -0.2) is 22.7 Å². The minimum absolute atomic E-state index is 0.172. The Labute approximate surface area is 73.4 Å². The van der Waals surface area contributed by atoms with E-state index in [4.69, 9.17) is 4.84 Å². The second-order valence-corrected chi connectivity index (χ2v) is 4.13. The number of nitrogens with zero attached hydrogens (tertiary/aromatic N) is 2. The fourth-order valence-corrected chi connectivity index (χ4v) is 1.87. The zero-order valence-electron chi connectivity index (χ0n) is 8.00. The smallest absolute Gasteiger partial charge is 0.211 e. The minimum Gasteiger partial charge on any atom is -0.388 e. The van der Waals surface area contributed by atoms with Crippen molar-refractivity contribution in [2.75, 3.05) is 0 Å². The summed E-state index contributed by atoms with van der Waals surface area (Å²) >= 11 is 0. The molecule has 0 aliphatic carbocycles. The van der Waals surface area contributed by atoms with E-state index in [0.29, 0.717) is 6.17 Å². The first kappa shape index (κ1) is 8.05. The highest BCUT2D eigenvalue weighted by Crippen LogP contribution is 2.37. The summed E-state index contributed by atoms with van der Waals surface area (Å²) in [5, 5.41) is 2.05. The molecule has 0 aromatic rings. The lowest BCUT2D eigenvalue weighted by Gasteiger charge is -2.28. The van der Waals surface area contributed by atoms with Crippen molar-refractivity contribution in [3.63, 3.8) is 0 Å². The second kappa shape index (κ2) is 2.46. The molecule has 2 heterocycles. The maximum absolute atomic E-state index is 5.63. The number of fused-ring (bicyclic) bond motifs is 1. The summed E-state index contributed by atoms with van der Waals surface area (Å²) in [6.45, 7) is 6.50. The molecule has 0 spiro atoms. The Balaban J connectivity index is 2.14. The molecule has 0 aromatic carbocycles. The quantitative estimate of drug-likeness (QED) is 0.597. The third kappa shape index (κ3) is 1.04. The molecule has 2 rings (SSSR count). The average Bonchev–Trinajstić information content (AvgIpc) is 2.53. The summed E-state index contributed by atoms with van der Waals surface area (Å²) in [6.07, 6.45) is 3.52. The summed E-state index contributed by atoms with van der Waals surface area (Å²) in [4.78, 5) is 10.1. The molecule has 2 aliphatic rings. The monoisotopic (exact) mass is 168 g/mol. The molecule has 3 nitrogen and oxygen atoms in total. The molecule has 1 atom stereocenters.